The number of alkyl halides is 3. The van der Waals surface area contributed by atoms with E-state index in [1.165, 1.54) is 29.7 Å². The summed E-state index contributed by atoms with van der Waals surface area (Å²) in [5.74, 6) is 0.138. The van der Waals surface area contributed by atoms with Crippen LogP contribution in [0.4, 0.5) is 13.2 Å². The zero-order valence-corrected chi connectivity index (χ0v) is 18.4. The molecule has 0 radical (unpaired) electrons. The highest BCUT2D eigenvalue weighted by atomic mass is 32.2. The molecule has 1 saturated carbocycles. The number of amides is 1. The highest BCUT2D eigenvalue weighted by Gasteiger charge is 2.46. The molecule has 1 atom stereocenters. The third-order valence-corrected chi connectivity index (χ3v) is 7.68. The van der Waals surface area contributed by atoms with Crippen LogP contribution in [-0.4, -0.2) is 48.8 Å². The Morgan fingerprint density at radius 2 is 1.84 bits per heavy atom. The van der Waals surface area contributed by atoms with E-state index in [2.05, 4.69) is 11.1 Å². The summed E-state index contributed by atoms with van der Waals surface area (Å²) in [5, 5.41) is 0.724. The molecular weight excluding hydrogens is 443 g/mol. The number of carbonyl (C=O) groups is 1. The fourth-order valence-corrected chi connectivity index (χ4v) is 5.37. The molecule has 1 amide bonds. The van der Waals surface area contributed by atoms with Crippen LogP contribution in [0, 0.1) is 0 Å². The standard InChI is InChI=1S/C22H26F3N3O3S/c23-22(24,25)32(30,31)27-14-17-7-4-12-28(17)21(29)18-10-11-26-20-9-8-16(13-19(18)20)15-5-2-1-3-6-15/h8-11,13,15,17,27H,1-7,12,14H2/t17-/m0/s1. The fraction of sp³-hybridized carbons (Fsp3) is 0.545. The van der Waals surface area contributed by atoms with Crippen LogP contribution in [0.1, 0.15) is 66.8 Å². The zero-order chi connectivity index (χ0) is 22.9. The van der Waals surface area contributed by atoms with Gasteiger partial charge in [-0.3, -0.25) is 9.78 Å². The molecule has 1 aromatic carbocycles. The molecule has 32 heavy (non-hydrogen) atoms. The SMILES string of the molecule is O=C(c1ccnc2ccc(C3CCCCC3)cc12)N1CCC[C@H]1CNS(=O)(=O)C(F)(F)F. The number of benzene rings is 1. The predicted molar refractivity (Wildman–Crippen MR) is 115 cm³/mol. The summed E-state index contributed by atoms with van der Waals surface area (Å²) in [6.07, 6.45) is 8.42. The number of nitrogens with zero attached hydrogens (tertiary/aromatic N) is 2. The molecule has 2 aromatic rings. The molecule has 10 heteroatoms. The lowest BCUT2D eigenvalue weighted by atomic mass is 9.83. The number of rotatable bonds is 5. The van der Waals surface area contributed by atoms with E-state index in [9.17, 15) is 26.4 Å². The highest BCUT2D eigenvalue weighted by molar-refractivity contribution is 7.90. The Bertz CT molecular complexity index is 1100. The second-order valence-electron chi connectivity index (χ2n) is 8.56. The van der Waals surface area contributed by atoms with E-state index >= 15 is 0 Å². The van der Waals surface area contributed by atoms with Gasteiger partial charge in [0.2, 0.25) is 0 Å². The third kappa shape index (κ3) is 4.61. The maximum atomic E-state index is 13.4. The van der Waals surface area contributed by atoms with Crippen LogP contribution < -0.4 is 4.72 Å². The van der Waals surface area contributed by atoms with Gasteiger partial charge in [0.05, 0.1) is 11.1 Å². The van der Waals surface area contributed by atoms with Crippen molar-refractivity contribution in [1.82, 2.24) is 14.6 Å². The van der Waals surface area contributed by atoms with E-state index in [0.29, 0.717) is 36.4 Å². The molecular formula is C22H26F3N3O3S. The molecule has 0 unspecified atom stereocenters. The number of carbonyl (C=O) groups excluding carboxylic acids is 1. The lowest BCUT2D eigenvalue weighted by Gasteiger charge is -2.26. The average Bonchev–Trinajstić information content (AvgIpc) is 3.25. The average molecular weight is 470 g/mol. The predicted octanol–water partition coefficient (Wildman–Crippen LogP) is 4.33. The number of sulfonamides is 1. The van der Waals surface area contributed by atoms with E-state index in [0.717, 1.165) is 18.2 Å². The van der Waals surface area contributed by atoms with E-state index in [-0.39, 0.29) is 5.91 Å². The normalized spacial score (nSPS) is 20.7. The summed E-state index contributed by atoms with van der Waals surface area (Å²) >= 11 is 0. The quantitative estimate of drug-likeness (QED) is 0.707. The minimum Gasteiger partial charge on any atom is -0.334 e. The Morgan fingerprint density at radius 3 is 2.56 bits per heavy atom. The second kappa shape index (κ2) is 8.97. The van der Waals surface area contributed by atoms with Gasteiger partial charge < -0.3 is 4.90 Å². The van der Waals surface area contributed by atoms with Crippen molar-refractivity contribution in [3.05, 3.63) is 41.6 Å². The fourth-order valence-electron chi connectivity index (χ4n) is 4.80. The molecule has 0 bridgehead atoms. The van der Waals surface area contributed by atoms with Crippen molar-refractivity contribution >= 4 is 26.8 Å². The van der Waals surface area contributed by atoms with Crippen molar-refractivity contribution in [1.29, 1.82) is 0 Å². The molecule has 1 aliphatic heterocycles. The third-order valence-electron chi connectivity index (χ3n) is 6.52. The Balaban J connectivity index is 1.58. The minimum absolute atomic E-state index is 0.313. The van der Waals surface area contributed by atoms with Crippen LogP contribution >= 0.6 is 0 Å². The first-order valence-corrected chi connectivity index (χ1v) is 12.4. The number of fused-ring (bicyclic) bond motifs is 1. The number of hydrogen-bond donors (Lipinski definition) is 1. The first kappa shape index (κ1) is 23.0. The Labute approximate surface area is 185 Å². The van der Waals surface area contributed by atoms with Crippen molar-refractivity contribution in [2.24, 2.45) is 0 Å². The first-order chi connectivity index (χ1) is 15.2. The van der Waals surface area contributed by atoms with Gasteiger partial charge in [0.25, 0.3) is 5.91 Å². The largest absolute Gasteiger partial charge is 0.511 e. The maximum Gasteiger partial charge on any atom is 0.511 e. The number of halogens is 3. The molecule has 1 N–H and O–H groups in total. The summed E-state index contributed by atoms with van der Waals surface area (Å²) in [4.78, 5) is 19.2. The zero-order valence-electron chi connectivity index (χ0n) is 17.6. The molecule has 1 saturated heterocycles. The summed E-state index contributed by atoms with van der Waals surface area (Å²) in [7, 11) is -5.45. The molecule has 1 aliphatic carbocycles. The van der Waals surface area contributed by atoms with Crippen LogP contribution in [0.25, 0.3) is 10.9 Å². The van der Waals surface area contributed by atoms with Crippen LogP contribution in [0.2, 0.25) is 0 Å². The molecule has 1 aromatic heterocycles. The Kier molecular flexibility index (Phi) is 6.44. The second-order valence-corrected chi connectivity index (χ2v) is 10.3. The Morgan fingerprint density at radius 1 is 1.09 bits per heavy atom. The number of hydrogen-bond acceptors (Lipinski definition) is 4. The smallest absolute Gasteiger partial charge is 0.334 e. The summed E-state index contributed by atoms with van der Waals surface area (Å²) in [5.41, 5.74) is -3.07. The van der Waals surface area contributed by atoms with Crippen LogP contribution in [0.5, 0.6) is 0 Å². The monoisotopic (exact) mass is 469 g/mol. The van der Waals surface area contributed by atoms with E-state index in [4.69, 9.17) is 0 Å². The van der Waals surface area contributed by atoms with Crippen molar-refractivity contribution < 1.29 is 26.4 Å². The number of aromatic nitrogens is 1. The first-order valence-electron chi connectivity index (χ1n) is 10.9. The van der Waals surface area contributed by atoms with E-state index < -0.39 is 28.1 Å². The molecule has 2 heterocycles. The summed E-state index contributed by atoms with van der Waals surface area (Å²) < 4.78 is 62.3. The van der Waals surface area contributed by atoms with Crippen LogP contribution in [0.3, 0.4) is 0 Å². The van der Waals surface area contributed by atoms with Gasteiger partial charge in [0, 0.05) is 30.7 Å². The van der Waals surface area contributed by atoms with Gasteiger partial charge in [0.1, 0.15) is 0 Å². The van der Waals surface area contributed by atoms with Gasteiger partial charge in [-0.25, -0.2) is 13.1 Å². The molecule has 4 rings (SSSR count). The van der Waals surface area contributed by atoms with Gasteiger partial charge in [-0.05, 0) is 55.4 Å². The number of nitrogens with one attached hydrogen (secondary N) is 1. The van der Waals surface area contributed by atoms with Crippen LogP contribution in [-0.2, 0) is 10.0 Å². The lowest BCUT2D eigenvalue weighted by molar-refractivity contribution is -0.0448. The highest BCUT2D eigenvalue weighted by Crippen LogP contribution is 2.34. The molecule has 6 nitrogen and oxygen atoms in total. The molecule has 174 valence electrons. The maximum absolute atomic E-state index is 13.4. The van der Waals surface area contributed by atoms with Gasteiger partial charge in [-0.2, -0.15) is 13.2 Å². The van der Waals surface area contributed by atoms with Gasteiger partial charge in [-0.15, -0.1) is 0 Å². The van der Waals surface area contributed by atoms with Gasteiger partial charge in [-0.1, -0.05) is 25.3 Å². The molecule has 0 spiro atoms. The molecule has 2 aliphatic rings. The molecule has 2 fully saturated rings. The van der Waals surface area contributed by atoms with Crippen molar-refractivity contribution in [2.75, 3.05) is 13.1 Å². The lowest BCUT2D eigenvalue weighted by Crippen LogP contribution is -2.46. The van der Waals surface area contributed by atoms with E-state index in [1.54, 1.807) is 17.0 Å². The number of pyridine rings is 1. The van der Waals surface area contributed by atoms with E-state index in [1.807, 2.05) is 12.1 Å². The van der Waals surface area contributed by atoms with Crippen LogP contribution in [0.15, 0.2) is 30.5 Å². The summed E-state index contributed by atoms with van der Waals surface area (Å²) in [6, 6.07) is 6.98. The topological polar surface area (TPSA) is 79.4 Å². The van der Waals surface area contributed by atoms with Gasteiger partial charge >= 0.3 is 15.5 Å². The number of likely N-dealkylation sites (tertiary alicyclic amines) is 1. The van der Waals surface area contributed by atoms with Gasteiger partial charge in [0.15, 0.2) is 0 Å². The van der Waals surface area contributed by atoms with Crippen molar-refractivity contribution in [3.63, 3.8) is 0 Å². The Hall–Kier alpha value is -2.20. The van der Waals surface area contributed by atoms with Crippen molar-refractivity contribution in [3.8, 4) is 0 Å². The minimum atomic E-state index is -5.45. The van der Waals surface area contributed by atoms with Crippen molar-refractivity contribution in [2.45, 2.75) is 62.4 Å². The summed E-state index contributed by atoms with van der Waals surface area (Å²) in [6.45, 7) is -0.104.